The fraction of sp³-hybridized carbons (Fsp3) is 0.600. The zero-order valence-corrected chi connectivity index (χ0v) is 13.1. The van der Waals surface area contributed by atoms with Crippen LogP contribution in [-0.2, 0) is 0 Å². The maximum absolute atomic E-state index is 9.85. The Bertz CT molecular complexity index is 425. The monoisotopic (exact) mass is 327 g/mol. The molecular formula is C15H22BrNO2. The van der Waals surface area contributed by atoms with E-state index in [1.54, 1.807) is 0 Å². The molecule has 2 rings (SSSR count). The molecule has 3 atom stereocenters. The van der Waals surface area contributed by atoms with Gasteiger partial charge in [0.2, 0.25) is 0 Å². The molecule has 0 amide bonds. The molecule has 0 bridgehead atoms. The van der Waals surface area contributed by atoms with E-state index < -0.39 is 6.10 Å². The van der Waals surface area contributed by atoms with Gasteiger partial charge in [0, 0.05) is 6.54 Å². The lowest BCUT2D eigenvalue weighted by molar-refractivity contribution is 0.106. The van der Waals surface area contributed by atoms with Crippen LogP contribution in [0.1, 0.15) is 18.9 Å². The maximum Gasteiger partial charge on any atom is 0.133 e. The maximum atomic E-state index is 9.85. The first kappa shape index (κ1) is 14.8. The molecule has 3 unspecified atom stereocenters. The first-order valence-electron chi connectivity index (χ1n) is 6.84. The van der Waals surface area contributed by atoms with Gasteiger partial charge in [-0.05, 0) is 65.4 Å². The molecule has 0 radical (unpaired) electrons. The number of ether oxygens (including phenoxy) is 1. The topological polar surface area (TPSA) is 41.5 Å². The number of benzene rings is 1. The first-order chi connectivity index (χ1) is 9.06. The lowest BCUT2D eigenvalue weighted by Gasteiger charge is -2.14. The average molecular weight is 328 g/mol. The van der Waals surface area contributed by atoms with Crippen LogP contribution in [0.5, 0.6) is 5.75 Å². The third-order valence-electron chi connectivity index (χ3n) is 3.58. The average Bonchev–Trinajstić information content (AvgIpc) is 3.04. The third kappa shape index (κ3) is 4.79. The van der Waals surface area contributed by atoms with Crippen molar-refractivity contribution in [3.8, 4) is 5.75 Å². The molecule has 1 aromatic carbocycles. The predicted octanol–water partition coefficient (Wildman–Crippen LogP) is 2.74. The van der Waals surface area contributed by atoms with Gasteiger partial charge in [-0.2, -0.15) is 0 Å². The van der Waals surface area contributed by atoms with Crippen molar-refractivity contribution >= 4 is 15.9 Å². The molecule has 0 aromatic heterocycles. The summed E-state index contributed by atoms with van der Waals surface area (Å²) in [6.07, 6.45) is 0.845. The van der Waals surface area contributed by atoms with Crippen molar-refractivity contribution in [1.82, 2.24) is 5.32 Å². The van der Waals surface area contributed by atoms with E-state index in [2.05, 4.69) is 28.2 Å². The molecule has 0 heterocycles. The lowest BCUT2D eigenvalue weighted by Crippen LogP contribution is -2.32. The van der Waals surface area contributed by atoms with E-state index in [9.17, 15) is 5.11 Å². The second kappa shape index (κ2) is 6.73. The minimum atomic E-state index is -0.470. The normalized spacial score (nSPS) is 23.2. The van der Waals surface area contributed by atoms with Crippen LogP contribution < -0.4 is 10.1 Å². The molecule has 3 nitrogen and oxygen atoms in total. The molecule has 0 spiro atoms. The Kier molecular flexibility index (Phi) is 5.25. The highest BCUT2D eigenvalue weighted by atomic mass is 79.9. The molecule has 4 heteroatoms. The van der Waals surface area contributed by atoms with Crippen LogP contribution in [0.3, 0.4) is 0 Å². The summed E-state index contributed by atoms with van der Waals surface area (Å²) in [5.74, 6) is 2.43. The van der Waals surface area contributed by atoms with E-state index in [-0.39, 0.29) is 0 Å². The van der Waals surface area contributed by atoms with E-state index in [4.69, 9.17) is 4.74 Å². The van der Waals surface area contributed by atoms with Gasteiger partial charge in [0.1, 0.15) is 18.5 Å². The van der Waals surface area contributed by atoms with E-state index >= 15 is 0 Å². The van der Waals surface area contributed by atoms with Crippen molar-refractivity contribution in [2.24, 2.45) is 11.8 Å². The Hall–Kier alpha value is -0.580. The number of hydrogen-bond acceptors (Lipinski definition) is 3. The highest BCUT2D eigenvalue weighted by Crippen LogP contribution is 2.36. The van der Waals surface area contributed by atoms with Crippen LogP contribution in [0.2, 0.25) is 0 Å². The summed E-state index contributed by atoms with van der Waals surface area (Å²) >= 11 is 3.46. The molecule has 1 saturated carbocycles. The van der Waals surface area contributed by atoms with Crippen LogP contribution >= 0.6 is 15.9 Å². The van der Waals surface area contributed by atoms with Gasteiger partial charge in [0.25, 0.3) is 0 Å². The molecule has 1 fully saturated rings. The van der Waals surface area contributed by atoms with Gasteiger partial charge in [0.05, 0.1) is 4.47 Å². The van der Waals surface area contributed by atoms with Crippen molar-refractivity contribution in [2.75, 3.05) is 19.7 Å². The number of rotatable bonds is 7. The molecule has 19 heavy (non-hydrogen) atoms. The molecule has 1 aliphatic rings. The Labute approximate surface area is 123 Å². The van der Waals surface area contributed by atoms with Gasteiger partial charge in [-0.25, -0.2) is 0 Å². The van der Waals surface area contributed by atoms with E-state index in [0.717, 1.165) is 28.6 Å². The van der Waals surface area contributed by atoms with Gasteiger partial charge < -0.3 is 15.2 Å². The number of aryl methyl sites for hydroxylation is 1. The Morgan fingerprint density at radius 3 is 2.89 bits per heavy atom. The minimum Gasteiger partial charge on any atom is -0.490 e. The van der Waals surface area contributed by atoms with E-state index in [1.165, 1.54) is 12.0 Å². The fourth-order valence-corrected chi connectivity index (χ4v) is 2.69. The molecular weight excluding hydrogens is 306 g/mol. The summed E-state index contributed by atoms with van der Waals surface area (Å²) in [5, 5.41) is 13.1. The van der Waals surface area contributed by atoms with E-state index in [0.29, 0.717) is 13.2 Å². The third-order valence-corrected chi connectivity index (χ3v) is 4.20. The second-order valence-electron chi connectivity index (χ2n) is 5.53. The van der Waals surface area contributed by atoms with Gasteiger partial charge in [-0.3, -0.25) is 0 Å². The van der Waals surface area contributed by atoms with Crippen LogP contribution in [0, 0.1) is 18.8 Å². The summed E-state index contributed by atoms with van der Waals surface area (Å²) in [7, 11) is 0. The number of aliphatic hydroxyl groups excluding tert-OH is 1. The summed E-state index contributed by atoms with van der Waals surface area (Å²) < 4.78 is 6.54. The summed E-state index contributed by atoms with van der Waals surface area (Å²) in [4.78, 5) is 0. The molecule has 1 aromatic rings. The largest absolute Gasteiger partial charge is 0.490 e. The van der Waals surface area contributed by atoms with Gasteiger partial charge in [-0.15, -0.1) is 0 Å². The zero-order chi connectivity index (χ0) is 13.8. The number of hydrogen-bond donors (Lipinski definition) is 2. The van der Waals surface area contributed by atoms with Crippen molar-refractivity contribution in [3.63, 3.8) is 0 Å². The minimum absolute atomic E-state index is 0.314. The van der Waals surface area contributed by atoms with Crippen molar-refractivity contribution in [2.45, 2.75) is 26.4 Å². The zero-order valence-electron chi connectivity index (χ0n) is 11.5. The highest BCUT2D eigenvalue weighted by Gasteiger charge is 2.31. The number of nitrogens with one attached hydrogen (secondary N) is 1. The molecule has 1 aliphatic carbocycles. The van der Waals surface area contributed by atoms with Crippen LogP contribution in [0.4, 0.5) is 0 Å². The lowest BCUT2D eigenvalue weighted by atomic mass is 10.2. The van der Waals surface area contributed by atoms with Gasteiger partial charge >= 0.3 is 0 Å². The quantitative estimate of drug-likeness (QED) is 0.809. The summed E-state index contributed by atoms with van der Waals surface area (Å²) in [6, 6.07) is 5.93. The number of aliphatic hydroxyl groups is 1. The standard InChI is InChI=1S/C15H22BrNO2/c1-10-3-4-15(14(16)5-10)19-9-13(18)8-17-7-12-6-11(12)2/h3-5,11-13,17-18H,6-9H2,1-2H3. The van der Waals surface area contributed by atoms with E-state index in [1.807, 2.05) is 25.1 Å². The van der Waals surface area contributed by atoms with Crippen molar-refractivity contribution in [1.29, 1.82) is 0 Å². The fourth-order valence-electron chi connectivity index (χ4n) is 2.09. The van der Waals surface area contributed by atoms with Crippen LogP contribution in [0.25, 0.3) is 0 Å². The van der Waals surface area contributed by atoms with Crippen molar-refractivity contribution in [3.05, 3.63) is 28.2 Å². The molecule has 106 valence electrons. The van der Waals surface area contributed by atoms with Gasteiger partial charge in [0.15, 0.2) is 0 Å². The molecule has 2 N–H and O–H groups in total. The van der Waals surface area contributed by atoms with Gasteiger partial charge in [-0.1, -0.05) is 13.0 Å². The van der Waals surface area contributed by atoms with Crippen LogP contribution in [-0.4, -0.2) is 30.9 Å². The summed E-state index contributed by atoms with van der Waals surface area (Å²) in [5.41, 5.74) is 1.18. The smallest absolute Gasteiger partial charge is 0.133 e. The van der Waals surface area contributed by atoms with Crippen LogP contribution in [0.15, 0.2) is 22.7 Å². The summed E-state index contributed by atoms with van der Waals surface area (Å²) in [6.45, 7) is 6.21. The predicted molar refractivity (Wildman–Crippen MR) is 80.5 cm³/mol. The SMILES string of the molecule is Cc1ccc(OCC(O)CNCC2CC2C)c(Br)c1. The van der Waals surface area contributed by atoms with Crippen molar-refractivity contribution < 1.29 is 9.84 Å². The Morgan fingerprint density at radius 2 is 2.26 bits per heavy atom. The first-order valence-corrected chi connectivity index (χ1v) is 7.63. The molecule has 0 saturated heterocycles. The second-order valence-corrected chi connectivity index (χ2v) is 6.38. The molecule has 0 aliphatic heterocycles. The number of halogens is 1. The Morgan fingerprint density at radius 1 is 1.53 bits per heavy atom. The highest BCUT2D eigenvalue weighted by molar-refractivity contribution is 9.10. The Balaban J connectivity index is 1.66.